The van der Waals surface area contributed by atoms with Gasteiger partial charge in [0.15, 0.2) is 17.5 Å². The van der Waals surface area contributed by atoms with Gasteiger partial charge in [0, 0.05) is 22.1 Å². The number of fused-ring (bicyclic) bond motifs is 9. The van der Waals surface area contributed by atoms with Gasteiger partial charge in [0.25, 0.3) is 0 Å². The van der Waals surface area contributed by atoms with Crippen LogP contribution in [0.2, 0.25) is 0 Å². The van der Waals surface area contributed by atoms with E-state index in [4.69, 9.17) is 15.0 Å². The van der Waals surface area contributed by atoms with Crippen LogP contribution in [0, 0.1) is 35.0 Å². The standard InChI is InChI=1S/C57H42N4/c58-34-35-21-23-38(24-22-35)40-13-10-14-41(32-40)54-59-53(39-11-2-1-3-12-39)60-55(61-54)42-25-26-51-52(33-42)57(47-17-6-4-15-45(47)46-16-5-7-18-48(46)57)50-20-9-8-19-49(50)56(51)43-28-36-27-37(30-43)31-44(56)29-36/h1-26,32-33,36-37,43-44H,27-31H2. The van der Waals surface area contributed by atoms with Crippen LogP contribution in [0.1, 0.15) is 71.0 Å². The summed E-state index contributed by atoms with van der Waals surface area (Å²) in [5, 5.41) is 9.43. The number of aromatic nitrogens is 3. The molecule has 0 amide bonds. The van der Waals surface area contributed by atoms with Crippen molar-refractivity contribution in [2.75, 3.05) is 0 Å². The molecule has 1 heterocycles. The lowest BCUT2D eigenvalue weighted by molar-refractivity contribution is -0.0440. The molecule has 6 aliphatic rings. The van der Waals surface area contributed by atoms with Crippen LogP contribution in [0.15, 0.2) is 170 Å². The fourth-order valence-corrected chi connectivity index (χ4v) is 13.4. The Labute approximate surface area is 356 Å². The van der Waals surface area contributed by atoms with Crippen LogP contribution < -0.4 is 0 Å². The highest BCUT2D eigenvalue weighted by Gasteiger charge is 2.64. The fraction of sp³-hybridized carbons (Fsp3) is 0.193. The quantitative estimate of drug-likeness (QED) is 0.178. The zero-order valence-corrected chi connectivity index (χ0v) is 33.8. The smallest absolute Gasteiger partial charge is 0.164 e. The second kappa shape index (κ2) is 13.0. The predicted molar refractivity (Wildman–Crippen MR) is 241 cm³/mol. The highest BCUT2D eigenvalue weighted by Crippen LogP contribution is 2.71. The topological polar surface area (TPSA) is 62.5 Å². The summed E-state index contributed by atoms with van der Waals surface area (Å²) in [6, 6.07) is 64.0. The van der Waals surface area contributed by atoms with Gasteiger partial charge in [0.1, 0.15) is 0 Å². The minimum Gasteiger partial charge on any atom is -0.208 e. The maximum absolute atomic E-state index is 9.43. The second-order valence-corrected chi connectivity index (χ2v) is 18.3. The van der Waals surface area contributed by atoms with Crippen molar-refractivity contribution in [3.8, 4) is 62.5 Å². The molecular weight excluding hydrogens is 741 g/mol. The van der Waals surface area contributed by atoms with Crippen LogP contribution in [0.25, 0.3) is 56.4 Å². The average molecular weight is 783 g/mol. The zero-order valence-electron chi connectivity index (χ0n) is 33.8. The summed E-state index contributed by atoms with van der Waals surface area (Å²) in [7, 11) is 0. The Morgan fingerprint density at radius 3 is 1.52 bits per heavy atom. The predicted octanol–water partition coefficient (Wildman–Crippen LogP) is 12.8. The molecule has 4 nitrogen and oxygen atoms in total. The van der Waals surface area contributed by atoms with Gasteiger partial charge in [-0.1, -0.05) is 146 Å². The van der Waals surface area contributed by atoms with Crippen molar-refractivity contribution >= 4 is 0 Å². The van der Waals surface area contributed by atoms with Gasteiger partial charge in [-0.2, -0.15) is 5.26 Å². The molecule has 290 valence electrons. The summed E-state index contributed by atoms with van der Waals surface area (Å²) in [6.07, 6.45) is 6.70. The van der Waals surface area contributed by atoms with Gasteiger partial charge in [0.05, 0.1) is 17.0 Å². The molecule has 0 radical (unpaired) electrons. The molecule has 6 aliphatic carbocycles. The third-order valence-corrected chi connectivity index (χ3v) is 15.4. The highest BCUT2D eigenvalue weighted by molar-refractivity contribution is 5.89. The summed E-state index contributed by atoms with van der Waals surface area (Å²) in [4.78, 5) is 15.9. The normalized spacial score (nSPS) is 22.9. The van der Waals surface area contributed by atoms with Crippen molar-refractivity contribution < 1.29 is 0 Å². The number of hydrogen-bond acceptors (Lipinski definition) is 4. The second-order valence-electron chi connectivity index (χ2n) is 18.3. The van der Waals surface area contributed by atoms with Gasteiger partial charge < -0.3 is 0 Å². The maximum Gasteiger partial charge on any atom is 0.164 e. The molecule has 0 N–H and O–H groups in total. The SMILES string of the molecule is N#Cc1ccc(-c2cccc(-c3nc(-c4ccccc4)nc(-c4ccc5c(c4)C4(c6ccccc6-c6ccccc64)c4ccccc4C54C5CC6CC(C5)CC4C6)n3)c2)cc1. The lowest BCUT2D eigenvalue weighted by Crippen LogP contribution is -2.59. The summed E-state index contributed by atoms with van der Waals surface area (Å²) in [5.41, 5.74) is 16.3. The number of benzene rings is 7. The molecule has 8 aromatic rings. The van der Waals surface area contributed by atoms with Crippen molar-refractivity contribution in [3.05, 3.63) is 209 Å². The van der Waals surface area contributed by atoms with E-state index in [-0.39, 0.29) is 5.41 Å². The van der Waals surface area contributed by atoms with Crippen molar-refractivity contribution in [2.45, 2.75) is 42.9 Å². The summed E-state index contributed by atoms with van der Waals surface area (Å²) >= 11 is 0. The first-order valence-electron chi connectivity index (χ1n) is 22.0. The molecule has 14 rings (SSSR count). The lowest BCUT2D eigenvalue weighted by atomic mass is 9.38. The lowest BCUT2D eigenvalue weighted by Gasteiger charge is -2.65. The van der Waals surface area contributed by atoms with E-state index >= 15 is 0 Å². The van der Waals surface area contributed by atoms with Crippen LogP contribution in [-0.4, -0.2) is 15.0 Å². The Bertz CT molecular complexity index is 3050. The first-order valence-corrected chi connectivity index (χ1v) is 22.0. The van der Waals surface area contributed by atoms with Crippen LogP contribution in [-0.2, 0) is 10.8 Å². The number of hydrogen-bond donors (Lipinski definition) is 0. The van der Waals surface area contributed by atoms with Gasteiger partial charge >= 0.3 is 0 Å². The number of nitriles is 1. The summed E-state index contributed by atoms with van der Waals surface area (Å²) in [5.74, 6) is 4.89. The third-order valence-electron chi connectivity index (χ3n) is 15.4. The summed E-state index contributed by atoms with van der Waals surface area (Å²) in [6.45, 7) is 0. The van der Waals surface area contributed by atoms with E-state index in [0.717, 1.165) is 39.7 Å². The Balaban J connectivity index is 1.07. The molecule has 0 unspecified atom stereocenters. The molecule has 4 bridgehead atoms. The van der Waals surface area contributed by atoms with E-state index in [0.29, 0.717) is 34.9 Å². The molecule has 0 saturated heterocycles. The van der Waals surface area contributed by atoms with E-state index in [1.165, 1.54) is 71.0 Å². The van der Waals surface area contributed by atoms with Crippen LogP contribution >= 0.6 is 0 Å². The molecule has 2 spiro atoms. The van der Waals surface area contributed by atoms with Gasteiger partial charge in [-0.05, 0) is 136 Å². The van der Waals surface area contributed by atoms with E-state index in [2.05, 4.69) is 133 Å². The van der Waals surface area contributed by atoms with Gasteiger partial charge in [-0.15, -0.1) is 0 Å². The Morgan fingerprint density at radius 1 is 0.393 bits per heavy atom. The highest BCUT2D eigenvalue weighted by atomic mass is 15.0. The van der Waals surface area contributed by atoms with E-state index < -0.39 is 5.41 Å². The minimum atomic E-state index is -0.497. The first kappa shape index (κ1) is 34.9. The average Bonchev–Trinajstić information content (AvgIpc) is 3.62. The molecular formula is C57H42N4. The Hall–Kier alpha value is -6.96. The molecule has 61 heavy (non-hydrogen) atoms. The molecule has 0 atom stereocenters. The van der Waals surface area contributed by atoms with Crippen LogP contribution in [0.4, 0.5) is 0 Å². The minimum absolute atomic E-state index is 0.0407. The molecule has 7 aromatic carbocycles. The van der Waals surface area contributed by atoms with Crippen molar-refractivity contribution in [2.24, 2.45) is 23.7 Å². The molecule has 4 heteroatoms. The van der Waals surface area contributed by atoms with Crippen molar-refractivity contribution in [1.29, 1.82) is 5.26 Å². The monoisotopic (exact) mass is 782 g/mol. The molecule has 4 fully saturated rings. The molecule has 4 saturated carbocycles. The molecule has 1 aromatic heterocycles. The third kappa shape index (κ3) is 4.84. The zero-order chi connectivity index (χ0) is 40.3. The van der Waals surface area contributed by atoms with Crippen LogP contribution in [0.3, 0.4) is 0 Å². The van der Waals surface area contributed by atoms with Gasteiger partial charge in [-0.3, -0.25) is 0 Å². The van der Waals surface area contributed by atoms with Gasteiger partial charge in [-0.25, -0.2) is 15.0 Å². The van der Waals surface area contributed by atoms with E-state index in [9.17, 15) is 5.26 Å². The fourth-order valence-electron chi connectivity index (χ4n) is 13.4. The largest absolute Gasteiger partial charge is 0.208 e. The number of rotatable bonds is 4. The first-order chi connectivity index (χ1) is 30.1. The van der Waals surface area contributed by atoms with Crippen LogP contribution in [0.5, 0.6) is 0 Å². The van der Waals surface area contributed by atoms with Crippen molar-refractivity contribution in [3.63, 3.8) is 0 Å². The maximum atomic E-state index is 9.43. The van der Waals surface area contributed by atoms with E-state index in [1.807, 2.05) is 42.5 Å². The Kier molecular flexibility index (Phi) is 7.44. The Morgan fingerprint density at radius 2 is 0.885 bits per heavy atom. The van der Waals surface area contributed by atoms with E-state index in [1.54, 1.807) is 5.56 Å². The summed E-state index contributed by atoms with van der Waals surface area (Å²) < 4.78 is 0. The number of nitrogens with zero attached hydrogens (tertiary/aromatic N) is 4. The molecule has 0 aliphatic heterocycles. The van der Waals surface area contributed by atoms with Gasteiger partial charge in [0.2, 0.25) is 0 Å². The van der Waals surface area contributed by atoms with Crippen molar-refractivity contribution in [1.82, 2.24) is 15.0 Å².